The van der Waals surface area contributed by atoms with Crippen molar-refractivity contribution >= 4 is 16.5 Å². The highest BCUT2D eigenvalue weighted by Gasteiger charge is 2.22. The van der Waals surface area contributed by atoms with Crippen LogP contribution in [0.25, 0.3) is 11.3 Å². The van der Waals surface area contributed by atoms with E-state index in [0.29, 0.717) is 11.0 Å². The van der Waals surface area contributed by atoms with Gasteiger partial charge < -0.3 is 15.4 Å². The van der Waals surface area contributed by atoms with Crippen LogP contribution >= 0.6 is 11.3 Å². The number of anilines is 1. The molecule has 1 aliphatic heterocycles. The number of aromatic nitrogens is 1. The molecule has 146 valence electrons. The smallest absolute Gasteiger partial charge is 0.180 e. The lowest BCUT2D eigenvalue weighted by molar-refractivity contribution is 0.213. The van der Waals surface area contributed by atoms with Crippen LogP contribution in [0.15, 0.2) is 53.9 Å². The Bertz CT molecular complexity index is 898. The molecule has 2 aromatic carbocycles. The summed E-state index contributed by atoms with van der Waals surface area (Å²) >= 11 is 1.49. The topological polar surface area (TPSA) is 51.4 Å². The molecule has 0 unspecified atom stereocenters. The van der Waals surface area contributed by atoms with Gasteiger partial charge in [-0.25, -0.2) is 4.98 Å². The predicted octanol–water partition coefficient (Wildman–Crippen LogP) is 4.82. The molecule has 0 spiro atoms. The summed E-state index contributed by atoms with van der Waals surface area (Å²) in [6, 6.07) is 17.2. The summed E-state index contributed by atoms with van der Waals surface area (Å²) in [6.45, 7) is 3.42. The van der Waals surface area contributed by atoms with Gasteiger partial charge in [0, 0.05) is 17.5 Å². The molecule has 0 amide bonds. The van der Waals surface area contributed by atoms with E-state index in [0.717, 1.165) is 43.1 Å². The summed E-state index contributed by atoms with van der Waals surface area (Å²) in [5.74, 6) is 1.64. The van der Waals surface area contributed by atoms with Crippen LogP contribution in [-0.2, 0) is 6.42 Å². The molecular formula is C23H27N3OS. The van der Waals surface area contributed by atoms with Gasteiger partial charge in [0.1, 0.15) is 5.75 Å². The zero-order valence-electron chi connectivity index (χ0n) is 16.3. The van der Waals surface area contributed by atoms with E-state index in [1.54, 1.807) is 7.11 Å². The lowest BCUT2D eigenvalue weighted by Gasteiger charge is -2.32. The second-order valence-corrected chi connectivity index (χ2v) is 8.27. The number of thiazole rings is 1. The third-order valence-corrected chi connectivity index (χ3v) is 6.33. The maximum absolute atomic E-state index is 5.73. The van der Waals surface area contributed by atoms with E-state index in [2.05, 4.69) is 52.3 Å². The third-order valence-electron chi connectivity index (χ3n) is 5.65. The molecule has 1 aromatic heterocycles. The summed E-state index contributed by atoms with van der Waals surface area (Å²) in [5.41, 5.74) is 10.6. The van der Waals surface area contributed by atoms with Gasteiger partial charge in [-0.1, -0.05) is 42.5 Å². The minimum absolute atomic E-state index is 0.609. The maximum atomic E-state index is 5.73. The molecule has 2 N–H and O–H groups in total. The Kier molecular flexibility index (Phi) is 5.93. The monoisotopic (exact) mass is 393 g/mol. The zero-order chi connectivity index (χ0) is 19.3. The van der Waals surface area contributed by atoms with E-state index in [9.17, 15) is 0 Å². The van der Waals surface area contributed by atoms with Crippen molar-refractivity contribution in [3.63, 3.8) is 0 Å². The zero-order valence-corrected chi connectivity index (χ0v) is 17.1. The average Bonchev–Trinajstić information content (AvgIpc) is 3.19. The average molecular weight is 394 g/mol. The first kappa shape index (κ1) is 19.0. The van der Waals surface area contributed by atoms with Gasteiger partial charge >= 0.3 is 0 Å². The summed E-state index contributed by atoms with van der Waals surface area (Å²) in [5, 5.41) is 2.63. The number of nitrogens with zero attached hydrogens (tertiary/aromatic N) is 2. The highest BCUT2D eigenvalue weighted by atomic mass is 32.1. The van der Waals surface area contributed by atoms with E-state index in [4.69, 9.17) is 10.5 Å². The second-order valence-electron chi connectivity index (χ2n) is 7.38. The fourth-order valence-electron chi connectivity index (χ4n) is 4.02. The number of rotatable bonds is 6. The SMILES string of the molecule is COc1ccccc1C1CCN(CCc2ccc(-c3csc(N)n3)cc2)CC1. The Morgan fingerprint density at radius 2 is 1.86 bits per heavy atom. The molecule has 4 nitrogen and oxygen atoms in total. The molecule has 0 saturated carbocycles. The molecular weight excluding hydrogens is 366 g/mol. The van der Waals surface area contributed by atoms with Crippen LogP contribution in [0.2, 0.25) is 0 Å². The number of likely N-dealkylation sites (tertiary alicyclic amines) is 1. The fraction of sp³-hybridized carbons (Fsp3) is 0.348. The standard InChI is InChI=1S/C23H27N3OS/c1-27-22-5-3-2-4-20(22)18-11-14-26(15-12-18)13-10-17-6-8-19(9-7-17)21-16-28-23(24)25-21/h2-9,16,18H,10-15H2,1H3,(H2,24,25). The highest BCUT2D eigenvalue weighted by Crippen LogP contribution is 2.34. The summed E-state index contributed by atoms with van der Waals surface area (Å²) in [6.07, 6.45) is 3.48. The Hall–Kier alpha value is -2.37. The number of nitrogens with two attached hydrogens (primary N) is 1. The van der Waals surface area contributed by atoms with Crippen molar-refractivity contribution in [3.8, 4) is 17.0 Å². The van der Waals surface area contributed by atoms with Gasteiger partial charge in [0.15, 0.2) is 5.13 Å². The van der Waals surface area contributed by atoms with E-state index in [1.165, 1.54) is 35.3 Å². The van der Waals surface area contributed by atoms with Gasteiger partial charge in [0.2, 0.25) is 0 Å². The molecule has 3 aromatic rings. The van der Waals surface area contributed by atoms with E-state index in [1.807, 2.05) is 11.4 Å². The molecule has 1 fully saturated rings. The summed E-state index contributed by atoms with van der Waals surface area (Å²) in [7, 11) is 1.77. The fourth-order valence-corrected chi connectivity index (χ4v) is 4.59. The van der Waals surface area contributed by atoms with Crippen molar-refractivity contribution in [2.24, 2.45) is 0 Å². The number of ether oxygens (including phenoxy) is 1. The Morgan fingerprint density at radius 1 is 1.11 bits per heavy atom. The molecule has 5 heteroatoms. The molecule has 2 heterocycles. The Labute approximate surface area is 171 Å². The van der Waals surface area contributed by atoms with Gasteiger partial charge in [-0.15, -0.1) is 11.3 Å². The molecule has 28 heavy (non-hydrogen) atoms. The number of piperidine rings is 1. The van der Waals surface area contributed by atoms with Crippen LogP contribution in [-0.4, -0.2) is 36.6 Å². The van der Waals surface area contributed by atoms with Crippen LogP contribution in [0.1, 0.15) is 29.9 Å². The number of benzene rings is 2. The number of hydrogen-bond acceptors (Lipinski definition) is 5. The van der Waals surface area contributed by atoms with Crippen molar-refractivity contribution in [2.75, 3.05) is 32.5 Å². The van der Waals surface area contributed by atoms with Crippen molar-refractivity contribution in [3.05, 3.63) is 65.0 Å². The van der Waals surface area contributed by atoms with Gasteiger partial charge in [-0.05, 0) is 55.5 Å². The Balaban J connectivity index is 1.28. The largest absolute Gasteiger partial charge is 0.496 e. The lowest BCUT2D eigenvalue weighted by Crippen LogP contribution is -2.34. The summed E-state index contributed by atoms with van der Waals surface area (Å²) < 4.78 is 5.55. The minimum Gasteiger partial charge on any atom is -0.496 e. The van der Waals surface area contributed by atoms with Gasteiger partial charge in [0.05, 0.1) is 12.8 Å². The molecule has 0 atom stereocenters. The first-order valence-electron chi connectivity index (χ1n) is 9.88. The second kappa shape index (κ2) is 8.76. The normalized spacial score (nSPS) is 15.6. The first-order valence-corrected chi connectivity index (χ1v) is 10.8. The third kappa shape index (κ3) is 4.37. The van der Waals surface area contributed by atoms with Crippen molar-refractivity contribution in [1.29, 1.82) is 0 Å². The van der Waals surface area contributed by atoms with E-state index < -0.39 is 0 Å². The van der Waals surface area contributed by atoms with Crippen LogP contribution in [0.3, 0.4) is 0 Å². The van der Waals surface area contributed by atoms with Crippen LogP contribution in [0.5, 0.6) is 5.75 Å². The van der Waals surface area contributed by atoms with Crippen LogP contribution < -0.4 is 10.5 Å². The summed E-state index contributed by atoms with van der Waals surface area (Å²) in [4.78, 5) is 6.94. The first-order chi connectivity index (χ1) is 13.7. The minimum atomic E-state index is 0.609. The molecule has 1 aliphatic rings. The predicted molar refractivity (Wildman–Crippen MR) is 117 cm³/mol. The Morgan fingerprint density at radius 3 is 2.54 bits per heavy atom. The lowest BCUT2D eigenvalue weighted by atomic mass is 9.88. The quantitative estimate of drug-likeness (QED) is 0.652. The van der Waals surface area contributed by atoms with Crippen LogP contribution in [0, 0.1) is 0 Å². The molecule has 1 saturated heterocycles. The maximum Gasteiger partial charge on any atom is 0.180 e. The highest BCUT2D eigenvalue weighted by molar-refractivity contribution is 7.13. The van der Waals surface area contributed by atoms with Crippen molar-refractivity contribution in [1.82, 2.24) is 9.88 Å². The number of para-hydroxylation sites is 1. The molecule has 0 radical (unpaired) electrons. The molecule has 0 aliphatic carbocycles. The van der Waals surface area contributed by atoms with Crippen LogP contribution in [0.4, 0.5) is 5.13 Å². The number of hydrogen-bond donors (Lipinski definition) is 1. The molecule has 0 bridgehead atoms. The number of nitrogen functional groups attached to an aromatic ring is 1. The van der Waals surface area contributed by atoms with Crippen molar-refractivity contribution in [2.45, 2.75) is 25.2 Å². The number of methoxy groups -OCH3 is 1. The van der Waals surface area contributed by atoms with Gasteiger partial charge in [-0.2, -0.15) is 0 Å². The van der Waals surface area contributed by atoms with E-state index >= 15 is 0 Å². The molecule has 4 rings (SSSR count). The van der Waals surface area contributed by atoms with Gasteiger partial charge in [0.25, 0.3) is 0 Å². The van der Waals surface area contributed by atoms with Gasteiger partial charge in [-0.3, -0.25) is 0 Å². The van der Waals surface area contributed by atoms with Crippen molar-refractivity contribution < 1.29 is 4.74 Å². The van der Waals surface area contributed by atoms with E-state index in [-0.39, 0.29) is 0 Å².